The fraction of sp³-hybridized carbons (Fsp3) is 0.632. The van der Waals surface area contributed by atoms with E-state index in [0.717, 1.165) is 31.4 Å². The van der Waals surface area contributed by atoms with Crippen LogP contribution in [0.15, 0.2) is 24.3 Å². The van der Waals surface area contributed by atoms with E-state index in [1.54, 1.807) is 31.2 Å². The standard InChI is InChI=1S/C19H31O6P/c1-4-22-19(20)17-11-13-18(14-12-17)23-15-9-7-8-10-16-26(21,24-5-2)25-6-3/h11-14H,4-10,15-16H2,1-3H3. The second-order valence-electron chi connectivity index (χ2n) is 5.68. The molecule has 0 fully saturated rings. The van der Waals surface area contributed by atoms with Crippen LogP contribution in [-0.4, -0.2) is 38.6 Å². The molecule has 1 aromatic rings. The van der Waals surface area contributed by atoms with Crippen LogP contribution >= 0.6 is 7.60 Å². The van der Waals surface area contributed by atoms with Gasteiger partial charge in [0.1, 0.15) is 5.75 Å². The van der Waals surface area contributed by atoms with Crippen molar-refractivity contribution in [3.05, 3.63) is 29.8 Å². The van der Waals surface area contributed by atoms with Crippen LogP contribution in [0.5, 0.6) is 5.75 Å². The summed E-state index contributed by atoms with van der Waals surface area (Å²) >= 11 is 0. The second-order valence-corrected chi connectivity index (χ2v) is 7.86. The van der Waals surface area contributed by atoms with Crippen molar-refractivity contribution in [2.45, 2.75) is 46.5 Å². The van der Waals surface area contributed by atoms with E-state index in [-0.39, 0.29) is 5.97 Å². The van der Waals surface area contributed by atoms with Crippen molar-refractivity contribution in [3.63, 3.8) is 0 Å². The summed E-state index contributed by atoms with van der Waals surface area (Å²) in [7, 11) is -2.91. The lowest BCUT2D eigenvalue weighted by atomic mass is 10.2. The molecule has 1 rings (SSSR count). The van der Waals surface area contributed by atoms with Crippen LogP contribution < -0.4 is 4.74 Å². The maximum atomic E-state index is 12.3. The van der Waals surface area contributed by atoms with E-state index in [2.05, 4.69) is 0 Å². The van der Waals surface area contributed by atoms with Gasteiger partial charge in [0.2, 0.25) is 0 Å². The molecule has 0 saturated heterocycles. The average Bonchev–Trinajstić information content (AvgIpc) is 2.62. The zero-order valence-corrected chi connectivity index (χ0v) is 17.0. The van der Waals surface area contributed by atoms with Crippen LogP contribution in [0.3, 0.4) is 0 Å². The minimum atomic E-state index is -2.91. The van der Waals surface area contributed by atoms with E-state index < -0.39 is 7.60 Å². The third kappa shape index (κ3) is 8.84. The molecule has 0 heterocycles. The Hall–Kier alpha value is -1.36. The van der Waals surface area contributed by atoms with Crippen molar-refractivity contribution in [2.24, 2.45) is 0 Å². The van der Waals surface area contributed by atoms with Crippen LogP contribution in [0, 0.1) is 0 Å². The van der Waals surface area contributed by atoms with Gasteiger partial charge in [-0.05, 0) is 57.9 Å². The summed E-state index contributed by atoms with van der Waals surface area (Å²) in [5.74, 6) is 0.408. The average molecular weight is 386 g/mol. The van der Waals surface area contributed by atoms with Crippen molar-refractivity contribution in [2.75, 3.05) is 32.6 Å². The molecule has 0 atom stereocenters. The molecule has 0 unspecified atom stereocenters. The Bertz CT molecular complexity index is 548. The van der Waals surface area contributed by atoms with Gasteiger partial charge < -0.3 is 18.5 Å². The first-order chi connectivity index (χ1) is 12.5. The van der Waals surface area contributed by atoms with Gasteiger partial charge in [-0.25, -0.2) is 4.79 Å². The number of ether oxygens (including phenoxy) is 2. The van der Waals surface area contributed by atoms with Crippen LogP contribution in [0.1, 0.15) is 56.8 Å². The third-order valence-electron chi connectivity index (χ3n) is 3.61. The Morgan fingerprint density at radius 2 is 1.50 bits per heavy atom. The van der Waals surface area contributed by atoms with Crippen molar-refractivity contribution in [1.29, 1.82) is 0 Å². The smallest absolute Gasteiger partial charge is 0.338 e. The lowest BCUT2D eigenvalue weighted by molar-refractivity contribution is 0.0526. The van der Waals surface area contributed by atoms with Gasteiger partial charge in [-0.15, -0.1) is 0 Å². The molecule has 6 nitrogen and oxygen atoms in total. The fourth-order valence-electron chi connectivity index (χ4n) is 2.41. The molecule has 148 valence electrons. The molecule has 0 N–H and O–H groups in total. The topological polar surface area (TPSA) is 71.1 Å². The number of rotatable bonds is 14. The summed E-state index contributed by atoms with van der Waals surface area (Å²) in [5.41, 5.74) is 0.521. The molecule has 0 saturated carbocycles. The Morgan fingerprint density at radius 3 is 2.08 bits per heavy atom. The van der Waals surface area contributed by atoms with Crippen LogP contribution in [0.2, 0.25) is 0 Å². The molecular weight excluding hydrogens is 355 g/mol. The van der Waals surface area contributed by atoms with Gasteiger partial charge in [0.25, 0.3) is 0 Å². The summed E-state index contributed by atoms with van der Waals surface area (Å²) < 4.78 is 33.5. The maximum Gasteiger partial charge on any atom is 0.338 e. The van der Waals surface area contributed by atoms with Crippen LogP contribution in [-0.2, 0) is 18.3 Å². The van der Waals surface area contributed by atoms with E-state index in [4.69, 9.17) is 18.5 Å². The lowest BCUT2D eigenvalue weighted by Crippen LogP contribution is -2.04. The van der Waals surface area contributed by atoms with Gasteiger partial charge in [0, 0.05) is 0 Å². The number of esters is 1. The predicted octanol–water partition coefficient (Wildman–Crippen LogP) is 5.07. The number of hydrogen-bond donors (Lipinski definition) is 0. The van der Waals surface area contributed by atoms with Crippen molar-refractivity contribution < 1.29 is 27.9 Å². The number of unbranched alkanes of at least 4 members (excludes halogenated alkanes) is 3. The van der Waals surface area contributed by atoms with Crippen LogP contribution in [0.25, 0.3) is 0 Å². The van der Waals surface area contributed by atoms with Gasteiger partial charge >= 0.3 is 13.6 Å². The minimum absolute atomic E-state index is 0.324. The SMILES string of the molecule is CCOC(=O)c1ccc(OCCCCCCP(=O)(OCC)OCC)cc1. The van der Waals surface area contributed by atoms with E-state index in [0.29, 0.717) is 38.2 Å². The Morgan fingerprint density at radius 1 is 0.885 bits per heavy atom. The fourth-order valence-corrected chi connectivity index (χ4v) is 4.14. The van der Waals surface area contributed by atoms with Crippen LogP contribution in [0.4, 0.5) is 0 Å². The highest BCUT2D eigenvalue weighted by Crippen LogP contribution is 2.48. The molecule has 0 radical (unpaired) electrons. The summed E-state index contributed by atoms with van der Waals surface area (Å²) in [5, 5.41) is 0. The van der Waals surface area contributed by atoms with E-state index in [9.17, 15) is 9.36 Å². The zero-order valence-electron chi connectivity index (χ0n) is 16.1. The largest absolute Gasteiger partial charge is 0.494 e. The normalized spacial score (nSPS) is 11.3. The first-order valence-corrected chi connectivity index (χ1v) is 11.1. The van der Waals surface area contributed by atoms with Crippen molar-refractivity contribution in [3.8, 4) is 5.75 Å². The molecular formula is C19H31O6P. The van der Waals surface area contributed by atoms with Gasteiger partial charge in [0.05, 0.1) is 38.2 Å². The highest BCUT2D eigenvalue weighted by molar-refractivity contribution is 7.53. The molecule has 0 amide bonds. The third-order valence-corrected chi connectivity index (χ3v) is 5.78. The molecule has 7 heteroatoms. The summed E-state index contributed by atoms with van der Waals surface area (Å²) in [4.78, 5) is 11.6. The first-order valence-electron chi connectivity index (χ1n) is 9.32. The monoisotopic (exact) mass is 386 g/mol. The zero-order chi connectivity index (χ0) is 19.3. The second kappa shape index (κ2) is 12.9. The maximum absolute atomic E-state index is 12.3. The highest BCUT2D eigenvalue weighted by atomic mass is 31.2. The van der Waals surface area contributed by atoms with Gasteiger partial charge in [-0.1, -0.05) is 12.8 Å². The minimum Gasteiger partial charge on any atom is -0.494 e. The Balaban J connectivity index is 2.19. The molecule has 0 spiro atoms. The molecule has 0 aromatic heterocycles. The van der Waals surface area contributed by atoms with Crippen molar-refractivity contribution in [1.82, 2.24) is 0 Å². The predicted molar refractivity (Wildman–Crippen MR) is 102 cm³/mol. The molecule has 1 aromatic carbocycles. The highest BCUT2D eigenvalue weighted by Gasteiger charge is 2.22. The van der Waals surface area contributed by atoms with E-state index >= 15 is 0 Å². The number of hydrogen-bond acceptors (Lipinski definition) is 6. The number of carbonyl (C=O) groups excluding carboxylic acids is 1. The number of carbonyl (C=O) groups is 1. The molecule has 0 aliphatic rings. The number of benzene rings is 1. The molecule has 0 aliphatic heterocycles. The van der Waals surface area contributed by atoms with Gasteiger partial charge in [-0.3, -0.25) is 4.57 Å². The lowest BCUT2D eigenvalue weighted by Gasteiger charge is -2.16. The van der Waals surface area contributed by atoms with E-state index in [1.807, 2.05) is 13.8 Å². The molecule has 26 heavy (non-hydrogen) atoms. The first kappa shape index (κ1) is 22.7. The summed E-state index contributed by atoms with van der Waals surface area (Å²) in [6.45, 7) is 7.20. The summed E-state index contributed by atoms with van der Waals surface area (Å²) in [6, 6.07) is 6.94. The molecule has 0 bridgehead atoms. The Labute approximate surface area is 156 Å². The quantitative estimate of drug-likeness (QED) is 0.253. The van der Waals surface area contributed by atoms with Gasteiger partial charge in [-0.2, -0.15) is 0 Å². The van der Waals surface area contributed by atoms with Gasteiger partial charge in [0.15, 0.2) is 0 Å². The Kier molecular flexibility index (Phi) is 11.3. The van der Waals surface area contributed by atoms with Crippen molar-refractivity contribution >= 4 is 13.6 Å². The van der Waals surface area contributed by atoms with E-state index in [1.165, 1.54) is 0 Å². The molecule has 0 aliphatic carbocycles. The summed E-state index contributed by atoms with van der Waals surface area (Å²) in [6.07, 6.45) is 4.12.